The molecule has 5 N–H and O–H groups in total. The summed E-state index contributed by atoms with van der Waals surface area (Å²) in [5.74, 6) is -1.87. The average molecular weight is 751 g/mol. The summed E-state index contributed by atoms with van der Waals surface area (Å²) in [5.41, 5.74) is -1.04. The highest BCUT2D eigenvalue weighted by Gasteiger charge is 2.38. The van der Waals surface area contributed by atoms with Gasteiger partial charge in [0.2, 0.25) is 5.91 Å². The van der Waals surface area contributed by atoms with E-state index in [4.69, 9.17) is 24.7 Å². The van der Waals surface area contributed by atoms with E-state index in [0.29, 0.717) is 55.8 Å². The number of carbonyl (C=O) groups excluding carboxylic acids is 1. The summed E-state index contributed by atoms with van der Waals surface area (Å²) in [5, 5.41) is 19.0. The number of hydrogen-bond donors (Lipinski definition) is 4. The lowest BCUT2D eigenvalue weighted by Crippen LogP contribution is -2.20. The Morgan fingerprint density at radius 2 is 1.37 bits per heavy atom. The molecular formula is C33H31F9N4O6. The number of ether oxygens (including phenoxy) is 4. The molecule has 10 nitrogen and oxygen atoms in total. The number of phenolic OH excluding ortho intramolecular Hbond substituents is 1. The van der Waals surface area contributed by atoms with Crippen molar-refractivity contribution in [3.63, 3.8) is 0 Å². The van der Waals surface area contributed by atoms with E-state index in [-0.39, 0.29) is 32.5 Å². The molecule has 1 aromatic heterocycles. The first kappa shape index (κ1) is 39.9. The number of amides is 1. The Morgan fingerprint density at radius 3 is 1.92 bits per heavy atom. The molecular weight excluding hydrogens is 719 g/mol. The van der Waals surface area contributed by atoms with Crippen molar-refractivity contribution in [2.45, 2.75) is 25.1 Å². The number of alkyl halides is 9. The number of nitrogens with two attached hydrogens (primary N) is 1. The fourth-order valence-electron chi connectivity index (χ4n) is 4.61. The van der Waals surface area contributed by atoms with Gasteiger partial charge < -0.3 is 35.1 Å². The third-order valence-corrected chi connectivity index (χ3v) is 7.05. The van der Waals surface area contributed by atoms with Crippen LogP contribution in [0.4, 0.5) is 45.2 Å². The molecule has 0 fully saturated rings. The monoisotopic (exact) mass is 750 g/mol. The van der Waals surface area contributed by atoms with Crippen molar-refractivity contribution >= 4 is 11.6 Å². The number of H-pyrrole nitrogens is 1. The van der Waals surface area contributed by atoms with Crippen LogP contribution in [0.3, 0.4) is 0 Å². The number of aromatic hydroxyl groups is 1. The van der Waals surface area contributed by atoms with Crippen LogP contribution in [-0.2, 0) is 44.1 Å². The summed E-state index contributed by atoms with van der Waals surface area (Å²) in [7, 11) is 0. The number of anilines is 1. The van der Waals surface area contributed by atoms with Crippen LogP contribution < -0.4 is 15.8 Å². The van der Waals surface area contributed by atoms with Gasteiger partial charge in [0.25, 0.3) is 0 Å². The summed E-state index contributed by atoms with van der Waals surface area (Å²) in [6.07, 6.45) is -15.4. The van der Waals surface area contributed by atoms with Crippen molar-refractivity contribution < 1.29 is 68.4 Å². The quantitative estimate of drug-likeness (QED) is 0.0707. The molecule has 0 unspecified atom stereocenters. The third kappa shape index (κ3) is 11.1. The van der Waals surface area contributed by atoms with Crippen molar-refractivity contribution in [1.82, 2.24) is 10.2 Å². The third-order valence-electron chi connectivity index (χ3n) is 7.05. The van der Waals surface area contributed by atoms with Gasteiger partial charge in [-0.3, -0.25) is 9.89 Å². The molecule has 19 heteroatoms. The van der Waals surface area contributed by atoms with Crippen LogP contribution in [0.1, 0.15) is 22.4 Å². The van der Waals surface area contributed by atoms with E-state index in [1.54, 1.807) is 5.10 Å². The Morgan fingerprint density at radius 1 is 0.769 bits per heavy atom. The van der Waals surface area contributed by atoms with Gasteiger partial charge in [0.1, 0.15) is 30.4 Å². The second-order valence-electron chi connectivity index (χ2n) is 10.9. The smallest absolute Gasteiger partial charge is 0.432 e. The SMILES string of the molecule is NCCOCCOCCOCC(=O)Nc1ccc(COc2ccc(-c3cc(C(F)(F)F)[nH]n3)c(O)c2-c2cc(C(F)(F)F)cc(C(F)(F)F)c2)cc1. The molecule has 0 aliphatic rings. The van der Waals surface area contributed by atoms with Gasteiger partial charge in [-0.2, -0.15) is 44.6 Å². The fraction of sp³-hybridized carbons (Fsp3) is 0.333. The molecule has 282 valence electrons. The van der Waals surface area contributed by atoms with Gasteiger partial charge in [0.05, 0.1) is 55.4 Å². The van der Waals surface area contributed by atoms with Gasteiger partial charge >= 0.3 is 18.5 Å². The zero-order valence-corrected chi connectivity index (χ0v) is 26.8. The van der Waals surface area contributed by atoms with E-state index in [1.165, 1.54) is 24.3 Å². The van der Waals surface area contributed by atoms with Gasteiger partial charge in [-0.25, -0.2) is 0 Å². The summed E-state index contributed by atoms with van der Waals surface area (Å²) in [6, 6.07) is 9.18. The minimum Gasteiger partial charge on any atom is -0.506 e. The molecule has 0 atom stereocenters. The lowest BCUT2D eigenvalue weighted by Gasteiger charge is -2.19. The molecule has 0 saturated heterocycles. The molecule has 0 saturated carbocycles. The Hall–Kier alpha value is -4.85. The molecule has 4 rings (SSSR count). The van der Waals surface area contributed by atoms with Crippen LogP contribution in [0.15, 0.2) is 60.7 Å². The number of hydrogen-bond acceptors (Lipinski definition) is 8. The van der Waals surface area contributed by atoms with Crippen molar-refractivity contribution in [2.24, 2.45) is 5.73 Å². The van der Waals surface area contributed by atoms with Crippen LogP contribution in [0.5, 0.6) is 11.5 Å². The summed E-state index contributed by atoms with van der Waals surface area (Å²) < 4.78 is 143. The maximum Gasteiger partial charge on any atom is 0.432 e. The molecule has 1 heterocycles. The van der Waals surface area contributed by atoms with Crippen molar-refractivity contribution in [1.29, 1.82) is 0 Å². The van der Waals surface area contributed by atoms with E-state index < -0.39 is 75.1 Å². The summed E-state index contributed by atoms with van der Waals surface area (Å²) >= 11 is 0. The molecule has 0 bridgehead atoms. The van der Waals surface area contributed by atoms with E-state index in [1.807, 2.05) is 0 Å². The lowest BCUT2D eigenvalue weighted by atomic mass is 9.95. The number of carbonyl (C=O) groups is 1. The Labute approximate surface area is 289 Å². The topological polar surface area (TPSA) is 141 Å². The lowest BCUT2D eigenvalue weighted by molar-refractivity contribution is -0.143. The number of nitrogens with one attached hydrogen (secondary N) is 2. The van der Waals surface area contributed by atoms with Crippen LogP contribution in [0.25, 0.3) is 22.4 Å². The van der Waals surface area contributed by atoms with E-state index >= 15 is 0 Å². The first-order valence-electron chi connectivity index (χ1n) is 15.2. The van der Waals surface area contributed by atoms with Crippen molar-refractivity contribution in [3.8, 4) is 33.9 Å². The molecule has 0 aliphatic heterocycles. The predicted molar refractivity (Wildman–Crippen MR) is 167 cm³/mol. The molecule has 0 spiro atoms. The molecule has 0 radical (unpaired) electrons. The first-order chi connectivity index (χ1) is 24.5. The van der Waals surface area contributed by atoms with Crippen LogP contribution in [0, 0.1) is 0 Å². The van der Waals surface area contributed by atoms with Crippen LogP contribution in [0.2, 0.25) is 0 Å². The van der Waals surface area contributed by atoms with Crippen molar-refractivity contribution in [3.05, 3.63) is 83.0 Å². The number of rotatable bonds is 16. The minimum atomic E-state index is -5.24. The highest BCUT2D eigenvalue weighted by Crippen LogP contribution is 2.47. The number of aromatic nitrogens is 2. The van der Waals surface area contributed by atoms with Gasteiger partial charge in [0.15, 0.2) is 0 Å². The van der Waals surface area contributed by atoms with E-state index in [2.05, 4.69) is 10.4 Å². The van der Waals surface area contributed by atoms with Crippen molar-refractivity contribution in [2.75, 3.05) is 51.5 Å². The Kier molecular flexibility index (Phi) is 13.1. The Bertz CT molecular complexity index is 1760. The van der Waals surface area contributed by atoms with Gasteiger partial charge in [-0.1, -0.05) is 12.1 Å². The molecule has 4 aromatic rings. The highest BCUT2D eigenvalue weighted by molar-refractivity contribution is 5.91. The largest absolute Gasteiger partial charge is 0.506 e. The van der Waals surface area contributed by atoms with Gasteiger partial charge in [0, 0.05) is 17.8 Å². The second kappa shape index (κ2) is 17.1. The number of nitrogens with zero attached hydrogens (tertiary/aromatic N) is 1. The zero-order valence-electron chi connectivity index (χ0n) is 26.8. The molecule has 1 amide bonds. The minimum absolute atomic E-state index is 0.113. The predicted octanol–water partition coefficient (Wildman–Crippen LogP) is 7.03. The van der Waals surface area contributed by atoms with Crippen LogP contribution in [-0.4, -0.2) is 67.4 Å². The summed E-state index contributed by atoms with van der Waals surface area (Å²) in [6.45, 7) is 1.28. The van der Waals surface area contributed by atoms with Gasteiger partial charge in [-0.15, -0.1) is 0 Å². The first-order valence-corrected chi connectivity index (χ1v) is 15.2. The molecule has 0 aliphatic carbocycles. The maximum atomic E-state index is 13.7. The standard InChI is InChI=1S/C33H31F9N4O6/c34-31(35,36)21-13-20(14-22(15-21)32(37,38)39)29-26(6-5-24(30(29)48)25-16-27(46-45-25)33(40,41)42)52-17-19-1-3-23(4-2-19)44-28(47)18-51-12-11-50-10-9-49-8-7-43/h1-6,13-16,48H,7-12,17-18,43H2,(H,44,47)(H,45,46). The number of halogens is 9. The van der Waals surface area contributed by atoms with Gasteiger partial charge in [-0.05, 0) is 59.7 Å². The van der Waals surface area contributed by atoms with Crippen LogP contribution >= 0.6 is 0 Å². The fourth-order valence-corrected chi connectivity index (χ4v) is 4.61. The number of aromatic amines is 1. The normalized spacial score (nSPS) is 12.3. The van der Waals surface area contributed by atoms with E-state index in [9.17, 15) is 49.4 Å². The Balaban J connectivity index is 1.53. The maximum absolute atomic E-state index is 13.7. The average Bonchev–Trinajstić information content (AvgIpc) is 3.57. The second-order valence-corrected chi connectivity index (χ2v) is 10.9. The zero-order chi connectivity index (χ0) is 38.1. The molecule has 52 heavy (non-hydrogen) atoms. The highest BCUT2D eigenvalue weighted by atomic mass is 19.4. The number of benzene rings is 3. The number of phenols is 1. The van der Waals surface area contributed by atoms with E-state index in [0.717, 1.165) is 12.1 Å². The molecule has 3 aromatic carbocycles. The summed E-state index contributed by atoms with van der Waals surface area (Å²) in [4.78, 5) is 12.2.